The van der Waals surface area contributed by atoms with Crippen molar-refractivity contribution in [2.24, 2.45) is 0 Å². The van der Waals surface area contributed by atoms with Gasteiger partial charge in [-0.15, -0.1) is 0 Å². The molecule has 2 aromatic rings. The first-order chi connectivity index (χ1) is 9.16. The van der Waals surface area contributed by atoms with Crippen molar-refractivity contribution in [3.63, 3.8) is 0 Å². The van der Waals surface area contributed by atoms with Crippen LogP contribution >= 0.6 is 0 Å². The standard InChI is InChI=1S/C14H19BN2O2/c1-16-8-6-11(7-9-16)13-10-17(15(18)19)14-5-3-2-4-12(13)14/h2-5,10-11,18-19H,6-9H2,1H3. The Morgan fingerprint density at radius 2 is 1.84 bits per heavy atom. The van der Waals surface area contributed by atoms with Gasteiger partial charge < -0.3 is 19.4 Å². The Morgan fingerprint density at radius 3 is 2.53 bits per heavy atom. The molecule has 0 saturated carbocycles. The molecule has 2 heterocycles. The molecule has 100 valence electrons. The predicted octanol–water partition coefficient (Wildman–Crippen LogP) is 1.27. The molecular formula is C14H19BN2O2. The zero-order valence-electron chi connectivity index (χ0n) is 11.2. The van der Waals surface area contributed by atoms with E-state index in [4.69, 9.17) is 0 Å². The molecule has 5 heteroatoms. The minimum absolute atomic E-state index is 0.515. The van der Waals surface area contributed by atoms with Crippen LogP contribution in [-0.4, -0.2) is 46.8 Å². The fraction of sp³-hybridized carbons (Fsp3) is 0.429. The van der Waals surface area contributed by atoms with E-state index in [0.717, 1.165) is 36.8 Å². The van der Waals surface area contributed by atoms with E-state index in [1.165, 1.54) is 5.56 Å². The average Bonchev–Trinajstić information content (AvgIpc) is 2.79. The van der Waals surface area contributed by atoms with E-state index in [0.29, 0.717) is 5.92 Å². The highest BCUT2D eigenvalue weighted by Crippen LogP contribution is 2.34. The molecule has 1 fully saturated rings. The van der Waals surface area contributed by atoms with Crippen LogP contribution in [0.2, 0.25) is 0 Å². The van der Waals surface area contributed by atoms with Crippen molar-refractivity contribution >= 4 is 18.2 Å². The maximum atomic E-state index is 9.49. The summed E-state index contributed by atoms with van der Waals surface area (Å²) in [6.45, 7) is 2.21. The fourth-order valence-electron chi connectivity index (χ4n) is 3.07. The summed E-state index contributed by atoms with van der Waals surface area (Å²) in [6, 6.07) is 7.95. The van der Waals surface area contributed by atoms with Gasteiger partial charge in [-0.25, -0.2) is 0 Å². The number of hydrogen-bond donors (Lipinski definition) is 2. The SMILES string of the molecule is CN1CCC(c2cn(B(O)O)c3ccccc23)CC1. The highest BCUT2D eigenvalue weighted by molar-refractivity contribution is 6.41. The molecule has 0 atom stereocenters. The number of benzene rings is 1. The fourth-order valence-corrected chi connectivity index (χ4v) is 3.07. The average molecular weight is 258 g/mol. The van der Waals surface area contributed by atoms with Crippen LogP contribution in [0.4, 0.5) is 0 Å². The van der Waals surface area contributed by atoms with E-state index in [2.05, 4.69) is 18.0 Å². The lowest BCUT2D eigenvalue weighted by Crippen LogP contribution is -2.29. The molecule has 1 aromatic carbocycles. The Kier molecular flexibility index (Phi) is 3.35. The normalized spacial score (nSPS) is 18.1. The van der Waals surface area contributed by atoms with Crippen molar-refractivity contribution < 1.29 is 10.0 Å². The molecule has 1 aliphatic heterocycles. The predicted molar refractivity (Wildman–Crippen MR) is 77.0 cm³/mol. The third-order valence-corrected chi connectivity index (χ3v) is 4.18. The zero-order valence-corrected chi connectivity index (χ0v) is 11.2. The monoisotopic (exact) mass is 258 g/mol. The molecule has 0 spiro atoms. The molecule has 0 amide bonds. The van der Waals surface area contributed by atoms with Crippen LogP contribution in [0.3, 0.4) is 0 Å². The molecule has 4 nitrogen and oxygen atoms in total. The zero-order chi connectivity index (χ0) is 13.4. The molecule has 0 bridgehead atoms. The molecule has 0 unspecified atom stereocenters. The van der Waals surface area contributed by atoms with Gasteiger partial charge in [0, 0.05) is 10.9 Å². The Bertz CT molecular complexity index is 574. The van der Waals surface area contributed by atoms with E-state index in [9.17, 15) is 10.0 Å². The first kappa shape index (κ1) is 12.7. The lowest BCUT2D eigenvalue weighted by molar-refractivity contribution is 0.256. The number of fused-ring (bicyclic) bond motifs is 1. The Labute approximate surface area is 113 Å². The summed E-state index contributed by atoms with van der Waals surface area (Å²) in [5.41, 5.74) is 2.14. The summed E-state index contributed by atoms with van der Waals surface area (Å²) in [5, 5.41) is 20.1. The second-order valence-corrected chi connectivity index (χ2v) is 5.43. The van der Waals surface area contributed by atoms with Gasteiger partial charge in [0.2, 0.25) is 0 Å². The molecular weight excluding hydrogens is 239 g/mol. The van der Waals surface area contributed by atoms with Crippen LogP contribution in [0.15, 0.2) is 30.5 Å². The number of piperidine rings is 1. The van der Waals surface area contributed by atoms with Gasteiger partial charge in [0.05, 0.1) is 0 Å². The van der Waals surface area contributed by atoms with Gasteiger partial charge >= 0.3 is 7.25 Å². The van der Waals surface area contributed by atoms with Crippen molar-refractivity contribution in [2.45, 2.75) is 18.8 Å². The molecule has 1 aromatic heterocycles. The van der Waals surface area contributed by atoms with E-state index < -0.39 is 7.25 Å². The van der Waals surface area contributed by atoms with Gasteiger partial charge in [-0.1, -0.05) is 18.2 Å². The van der Waals surface area contributed by atoms with E-state index in [1.807, 2.05) is 24.4 Å². The molecule has 19 heavy (non-hydrogen) atoms. The first-order valence-corrected chi connectivity index (χ1v) is 6.81. The molecule has 0 aliphatic carbocycles. The number of para-hydroxylation sites is 1. The number of rotatable bonds is 2. The van der Waals surface area contributed by atoms with Crippen LogP contribution < -0.4 is 0 Å². The smallest absolute Gasteiger partial charge is 0.407 e. The van der Waals surface area contributed by atoms with Crippen LogP contribution in [0.5, 0.6) is 0 Å². The third kappa shape index (κ3) is 2.29. The number of hydrogen-bond acceptors (Lipinski definition) is 3. The number of nitrogens with zero attached hydrogens (tertiary/aromatic N) is 2. The lowest BCUT2D eigenvalue weighted by Gasteiger charge is -2.28. The van der Waals surface area contributed by atoms with Crippen molar-refractivity contribution in [2.75, 3.05) is 20.1 Å². The van der Waals surface area contributed by atoms with Crippen molar-refractivity contribution in [1.29, 1.82) is 0 Å². The van der Waals surface area contributed by atoms with Crippen LogP contribution in [0.1, 0.15) is 24.3 Å². The Balaban J connectivity index is 2.03. The van der Waals surface area contributed by atoms with Gasteiger partial charge in [0.1, 0.15) is 0 Å². The van der Waals surface area contributed by atoms with E-state index in [-0.39, 0.29) is 0 Å². The maximum absolute atomic E-state index is 9.49. The summed E-state index contributed by atoms with van der Waals surface area (Å²) in [5.74, 6) is 0.515. The van der Waals surface area contributed by atoms with Crippen molar-refractivity contribution in [1.82, 2.24) is 9.38 Å². The summed E-state index contributed by atoms with van der Waals surface area (Å²) in [7, 11) is 0.682. The molecule has 1 saturated heterocycles. The highest BCUT2D eigenvalue weighted by atomic mass is 16.4. The molecule has 3 rings (SSSR count). The quantitative estimate of drug-likeness (QED) is 0.797. The lowest BCUT2D eigenvalue weighted by atomic mass is 9.89. The second kappa shape index (κ2) is 5.00. The van der Waals surface area contributed by atoms with Crippen molar-refractivity contribution in [3.05, 3.63) is 36.0 Å². The summed E-state index contributed by atoms with van der Waals surface area (Å²) in [6.07, 6.45) is 4.17. The molecule has 1 aliphatic rings. The topological polar surface area (TPSA) is 48.6 Å². The largest absolute Gasteiger partial charge is 0.592 e. The Morgan fingerprint density at radius 1 is 1.16 bits per heavy atom. The summed E-state index contributed by atoms with van der Waals surface area (Å²) in [4.78, 5) is 2.34. The maximum Gasteiger partial charge on any atom is 0.592 e. The number of likely N-dealkylation sites (tertiary alicyclic amines) is 1. The van der Waals surface area contributed by atoms with Gasteiger partial charge in [0.25, 0.3) is 0 Å². The van der Waals surface area contributed by atoms with E-state index >= 15 is 0 Å². The first-order valence-electron chi connectivity index (χ1n) is 6.81. The van der Waals surface area contributed by atoms with Gasteiger partial charge in [0.15, 0.2) is 0 Å². The third-order valence-electron chi connectivity index (χ3n) is 4.18. The molecule has 0 radical (unpaired) electrons. The number of aromatic nitrogens is 1. The highest BCUT2D eigenvalue weighted by Gasteiger charge is 2.24. The Hall–Kier alpha value is -1.30. The summed E-state index contributed by atoms with van der Waals surface area (Å²) >= 11 is 0. The summed E-state index contributed by atoms with van der Waals surface area (Å²) < 4.78 is 1.54. The van der Waals surface area contributed by atoms with Crippen LogP contribution in [-0.2, 0) is 0 Å². The van der Waals surface area contributed by atoms with Gasteiger partial charge in [-0.05, 0) is 56.7 Å². The second-order valence-electron chi connectivity index (χ2n) is 5.43. The van der Waals surface area contributed by atoms with E-state index in [1.54, 1.807) is 4.48 Å². The van der Waals surface area contributed by atoms with Gasteiger partial charge in [-0.3, -0.25) is 0 Å². The minimum Gasteiger partial charge on any atom is -0.407 e. The van der Waals surface area contributed by atoms with Crippen molar-refractivity contribution in [3.8, 4) is 0 Å². The van der Waals surface area contributed by atoms with Gasteiger partial charge in [-0.2, -0.15) is 0 Å². The minimum atomic E-state index is -1.47. The molecule has 2 N–H and O–H groups in total. The van der Waals surface area contributed by atoms with Crippen LogP contribution in [0, 0.1) is 0 Å². The van der Waals surface area contributed by atoms with Crippen LogP contribution in [0.25, 0.3) is 10.9 Å².